The lowest BCUT2D eigenvalue weighted by molar-refractivity contribution is -0.384. The number of aromatic nitrogens is 2. The smallest absolute Gasteiger partial charge is 0.293 e. The predicted molar refractivity (Wildman–Crippen MR) is 68.3 cm³/mol. The summed E-state index contributed by atoms with van der Waals surface area (Å²) in [7, 11) is 1.84. The highest BCUT2D eigenvalue weighted by atomic mass is 16.6. The van der Waals surface area contributed by atoms with E-state index < -0.39 is 4.92 Å². The van der Waals surface area contributed by atoms with Gasteiger partial charge in [-0.05, 0) is 12.1 Å². The van der Waals surface area contributed by atoms with Crippen molar-refractivity contribution < 1.29 is 4.92 Å². The number of hydrogen-bond acceptors (Lipinski definition) is 5. The normalized spacial score (nSPS) is 9.89. The van der Waals surface area contributed by atoms with Gasteiger partial charge in [0.1, 0.15) is 5.69 Å². The van der Waals surface area contributed by atoms with Gasteiger partial charge >= 0.3 is 0 Å². The van der Waals surface area contributed by atoms with E-state index in [2.05, 4.69) is 10.3 Å². The van der Waals surface area contributed by atoms with E-state index in [-0.39, 0.29) is 11.3 Å². The zero-order valence-electron chi connectivity index (χ0n) is 10.2. The number of aryl methyl sites for hydroxylation is 1. The van der Waals surface area contributed by atoms with Crippen LogP contribution in [0.3, 0.4) is 0 Å². The number of anilines is 1. The van der Waals surface area contributed by atoms with Crippen molar-refractivity contribution in [2.24, 2.45) is 7.05 Å². The standard InChI is InChI=1S/C12H11N5O2/c1-16-8-14-6-10(16)7-15-11-3-2-9(5-13)4-12(11)17(18)19/h2-4,6,8,15H,7H2,1H3. The van der Waals surface area contributed by atoms with Crippen LogP contribution in [-0.2, 0) is 13.6 Å². The molecule has 0 spiro atoms. The van der Waals surface area contributed by atoms with E-state index in [1.165, 1.54) is 12.1 Å². The van der Waals surface area contributed by atoms with Gasteiger partial charge in [0.2, 0.25) is 0 Å². The summed E-state index contributed by atoms with van der Waals surface area (Å²) in [6.07, 6.45) is 3.34. The van der Waals surface area contributed by atoms with Gasteiger partial charge in [-0.2, -0.15) is 5.26 Å². The minimum Gasteiger partial charge on any atom is -0.374 e. The molecular weight excluding hydrogens is 246 g/mol. The van der Waals surface area contributed by atoms with Gasteiger partial charge in [0.25, 0.3) is 5.69 Å². The van der Waals surface area contributed by atoms with Crippen LogP contribution in [-0.4, -0.2) is 14.5 Å². The third-order valence-electron chi connectivity index (χ3n) is 2.70. The third kappa shape index (κ3) is 2.69. The number of imidazole rings is 1. The molecule has 0 saturated heterocycles. The summed E-state index contributed by atoms with van der Waals surface area (Å²) in [6.45, 7) is 0.420. The Morgan fingerprint density at radius 2 is 2.37 bits per heavy atom. The van der Waals surface area contributed by atoms with Gasteiger partial charge in [0.05, 0.1) is 35.1 Å². The lowest BCUT2D eigenvalue weighted by Crippen LogP contribution is -2.06. The molecule has 0 unspecified atom stereocenters. The zero-order valence-corrected chi connectivity index (χ0v) is 10.2. The molecule has 96 valence electrons. The second kappa shape index (κ2) is 5.18. The quantitative estimate of drug-likeness (QED) is 0.665. The van der Waals surface area contributed by atoms with E-state index in [1.807, 2.05) is 17.7 Å². The lowest BCUT2D eigenvalue weighted by Gasteiger charge is -2.07. The van der Waals surface area contributed by atoms with E-state index in [0.717, 1.165) is 5.69 Å². The van der Waals surface area contributed by atoms with Crippen molar-refractivity contribution in [2.75, 3.05) is 5.32 Å². The molecule has 2 rings (SSSR count). The fraction of sp³-hybridized carbons (Fsp3) is 0.167. The fourth-order valence-corrected chi connectivity index (χ4v) is 1.64. The van der Waals surface area contributed by atoms with E-state index in [4.69, 9.17) is 5.26 Å². The molecule has 19 heavy (non-hydrogen) atoms. The average molecular weight is 257 g/mol. The van der Waals surface area contributed by atoms with Gasteiger partial charge in [-0.15, -0.1) is 0 Å². The molecule has 0 aliphatic rings. The van der Waals surface area contributed by atoms with Gasteiger partial charge in [-0.3, -0.25) is 10.1 Å². The number of hydrogen-bond donors (Lipinski definition) is 1. The van der Waals surface area contributed by atoms with Crippen LogP contribution in [0.2, 0.25) is 0 Å². The minimum atomic E-state index is -0.508. The number of benzene rings is 1. The molecule has 0 atom stereocenters. The maximum atomic E-state index is 11.0. The Hall–Kier alpha value is -2.88. The molecule has 0 aliphatic heterocycles. The van der Waals surface area contributed by atoms with Crippen molar-refractivity contribution in [1.82, 2.24) is 9.55 Å². The number of rotatable bonds is 4. The molecule has 7 nitrogen and oxygen atoms in total. The van der Waals surface area contributed by atoms with Gasteiger partial charge in [0, 0.05) is 19.3 Å². The summed E-state index contributed by atoms with van der Waals surface area (Å²) in [6, 6.07) is 6.21. The molecule has 0 saturated carbocycles. The minimum absolute atomic E-state index is 0.110. The molecule has 1 aromatic heterocycles. The Morgan fingerprint density at radius 1 is 1.58 bits per heavy atom. The monoisotopic (exact) mass is 257 g/mol. The zero-order chi connectivity index (χ0) is 13.8. The first kappa shape index (κ1) is 12.6. The number of nitriles is 1. The molecular formula is C12H11N5O2. The first-order chi connectivity index (χ1) is 9.11. The molecule has 1 heterocycles. The van der Waals surface area contributed by atoms with Crippen LogP contribution >= 0.6 is 0 Å². The van der Waals surface area contributed by atoms with Crippen molar-refractivity contribution in [3.05, 3.63) is 52.1 Å². The highest BCUT2D eigenvalue weighted by molar-refractivity contribution is 5.64. The van der Waals surface area contributed by atoms with Gasteiger partial charge in [-0.1, -0.05) is 0 Å². The number of nitrogens with one attached hydrogen (secondary N) is 1. The van der Waals surface area contributed by atoms with E-state index in [9.17, 15) is 10.1 Å². The van der Waals surface area contributed by atoms with Gasteiger partial charge < -0.3 is 9.88 Å². The topological polar surface area (TPSA) is 96.8 Å². The highest BCUT2D eigenvalue weighted by Crippen LogP contribution is 2.25. The van der Waals surface area contributed by atoms with Gasteiger partial charge in [0.15, 0.2) is 0 Å². The second-order valence-electron chi connectivity index (χ2n) is 3.95. The average Bonchev–Trinajstić information content (AvgIpc) is 2.81. The molecule has 1 N–H and O–H groups in total. The summed E-state index contributed by atoms with van der Waals surface area (Å²) in [5.74, 6) is 0. The van der Waals surface area contributed by atoms with Crippen molar-refractivity contribution in [1.29, 1.82) is 5.26 Å². The van der Waals surface area contributed by atoms with E-state index in [0.29, 0.717) is 12.2 Å². The number of nitro benzene ring substituents is 1. The molecule has 0 bridgehead atoms. The maximum absolute atomic E-state index is 11.0. The highest BCUT2D eigenvalue weighted by Gasteiger charge is 2.14. The Balaban J connectivity index is 2.23. The van der Waals surface area contributed by atoms with Crippen molar-refractivity contribution in [3.63, 3.8) is 0 Å². The van der Waals surface area contributed by atoms with Crippen LogP contribution in [0, 0.1) is 21.4 Å². The molecule has 2 aromatic rings. The van der Waals surface area contributed by atoms with Crippen molar-refractivity contribution in [3.8, 4) is 6.07 Å². The van der Waals surface area contributed by atoms with Crippen molar-refractivity contribution in [2.45, 2.75) is 6.54 Å². The Morgan fingerprint density at radius 3 is 2.95 bits per heavy atom. The second-order valence-corrected chi connectivity index (χ2v) is 3.95. The Labute approximate surface area is 109 Å². The number of nitrogens with zero attached hydrogens (tertiary/aromatic N) is 4. The van der Waals surface area contributed by atoms with Crippen LogP contribution < -0.4 is 5.32 Å². The summed E-state index contributed by atoms with van der Waals surface area (Å²) in [5, 5.41) is 22.7. The summed E-state index contributed by atoms with van der Waals surface area (Å²) < 4.78 is 1.82. The van der Waals surface area contributed by atoms with Crippen LogP contribution in [0.4, 0.5) is 11.4 Å². The SMILES string of the molecule is Cn1cncc1CNc1ccc(C#N)cc1[N+](=O)[O-]. The molecule has 0 amide bonds. The molecule has 0 aliphatic carbocycles. The Bertz CT molecular complexity index is 656. The lowest BCUT2D eigenvalue weighted by atomic mass is 10.2. The van der Waals surface area contributed by atoms with Crippen LogP contribution in [0.5, 0.6) is 0 Å². The molecule has 0 fully saturated rings. The maximum Gasteiger partial charge on any atom is 0.293 e. The summed E-state index contributed by atoms with van der Waals surface area (Å²) in [5.41, 5.74) is 1.43. The molecule has 0 radical (unpaired) electrons. The molecule has 1 aromatic carbocycles. The fourth-order valence-electron chi connectivity index (χ4n) is 1.64. The third-order valence-corrected chi connectivity index (χ3v) is 2.70. The van der Waals surface area contributed by atoms with E-state index >= 15 is 0 Å². The summed E-state index contributed by atoms with van der Waals surface area (Å²) >= 11 is 0. The van der Waals surface area contributed by atoms with E-state index in [1.54, 1.807) is 18.6 Å². The van der Waals surface area contributed by atoms with Crippen LogP contribution in [0.1, 0.15) is 11.3 Å². The predicted octanol–water partition coefficient (Wildman–Crippen LogP) is 1.81. The molecule has 7 heteroatoms. The summed E-state index contributed by atoms with van der Waals surface area (Å²) in [4.78, 5) is 14.4. The van der Waals surface area contributed by atoms with Crippen LogP contribution in [0.15, 0.2) is 30.7 Å². The number of nitro groups is 1. The van der Waals surface area contributed by atoms with Gasteiger partial charge in [-0.25, -0.2) is 4.98 Å². The van der Waals surface area contributed by atoms with Crippen molar-refractivity contribution >= 4 is 11.4 Å². The first-order valence-corrected chi connectivity index (χ1v) is 5.49. The largest absolute Gasteiger partial charge is 0.374 e. The van der Waals surface area contributed by atoms with Crippen LogP contribution in [0.25, 0.3) is 0 Å². The Kier molecular flexibility index (Phi) is 3.43. The first-order valence-electron chi connectivity index (χ1n) is 5.49.